The first-order valence-corrected chi connectivity index (χ1v) is 5.05. The van der Waals surface area contributed by atoms with Gasteiger partial charge in [-0.1, -0.05) is 11.6 Å². The third kappa shape index (κ3) is 2.12. The Morgan fingerprint density at radius 2 is 2.00 bits per heavy atom. The van der Waals surface area contributed by atoms with E-state index < -0.39 is 12.0 Å². The minimum Gasteiger partial charge on any atom is -0.507 e. The Morgan fingerprint density at radius 3 is 2.56 bits per heavy atom. The van der Waals surface area contributed by atoms with Gasteiger partial charge in [0.05, 0.1) is 5.70 Å². The molecule has 0 fully saturated rings. The van der Waals surface area contributed by atoms with Gasteiger partial charge in [-0.15, -0.1) is 0 Å². The molecule has 0 radical (unpaired) electrons. The van der Waals surface area contributed by atoms with Gasteiger partial charge in [-0.25, -0.2) is 4.84 Å². The van der Waals surface area contributed by atoms with E-state index in [1.807, 2.05) is 5.48 Å². The minimum atomic E-state index is -5.00. The molecule has 0 spiro atoms. The maximum absolute atomic E-state index is 12.5. The molecule has 0 bridgehead atoms. The summed E-state index contributed by atoms with van der Waals surface area (Å²) >= 11 is 5.66. The van der Waals surface area contributed by atoms with Crippen LogP contribution in [0.1, 0.15) is 5.56 Å². The molecular formula is C10H7ClF3NO3. The predicted octanol–water partition coefficient (Wildman–Crippen LogP) is 2.17. The lowest BCUT2D eigenvalue weighted by Gasteiger charge is -2.21. The number of aromatic hydroxyl groups is 1. The number of aliphatic hydroxyl groups is 1. The molecule has 18 heavy (non-hydrogen) atoms. The van der Waals surface area contributed by atoms with Crippen molar-refractivity contribution in [2.75, 3.05) is 0 Å². The SMILES string of the molecule is Oc1ccc(Cl)cc1C1=CC(O)(C(F)(F)F)ON1. The Balaban J connectivity index is 2.42. The van der Waals surface area contributed by atoms with Crippen LogP contribution in [0.15, 0.2) is 24.3 Å². The lowest BCUT2D eigenvalue weighted by Crippen LogP contribution is -2.45. The number of alkyl halides is 3. The maximum Gasteiger partial charge on any atom is 0.449 e. The highest BCUT2D eigenvalue weighted by Crippen LogP contribution is 2.39. The first-order chi connectivity index (χ1) is 8.23. The summed E-state index contributed by atoms with van der Waals surface area (Å²) in [5, 5.41) is 18.9. The zero-order valence-corrected chi connectivity index (χ0v) is 9.38. The van der Waals surface area contributed by atoms with E-state index >= 15 is 0 Å². The van der Waals surface area contributed by atoms with Gasteiger partial charge < -0.3 is 10.2 Å². The second-order valence-electron chi connectivity index (χ2n) is 3.62. The van der Waals surface area contributed by atoms with E-state index in [0.717, 1.165) is 0 Å². The molecule has 0 aliphatic carbocycles. The van der Waals surface area contributed by atoms with Crippen LogP contribution < -0.4 is 5.48 Å². The summed E-state index contributed by atoms with van der Waals surface area (Å²) in [5.41, 5.74) is 1.67. The van der Waals surface area contributed by atoms with Crippen molar-refractivity contribution in [1.29, 1.82) is 0 Å². The monoisotopic (exact) mass is 281 g/mol. The summed E-state index contributed by atoms with van der Waals surface area (Å²) in [6.45, 7) is 0. The number of phenols is 1. The van der Waals surface area contributed by atoms with Crippen molar-refractivity contribution < 1.29 is 28.2 Å². The zero-order valence-electron chi connectivity index (χ0n) is 8.62. The third-order valence-corrected chi connectivity index (χ3v) is 2.55. The van der Waals surface area contributed by atoms with Gasteiger partial charge in [-0.05, 0) is 18.2 Å². The van der Waals surface area contributed by atoms with Gasteiger partial charge in [-0.3, -0.25) is 5.48 Å². The molecule has 1 aliphatic heterocycles. The van der Waals surface area contributed by atoms with Gasteiger partial charge in [0, 0.05) is 16.7 Å². The second-order valence-corrected chi connectivity index (χ2v) is 4.05. The Bertz CT molecular complexity index is 518. The molecule has 1 aromatic rings. The van der Waals surface area contributed by atoms with Crippen LogP contribution in [0.3, 0.4) is 0 Å². The van der Waals surface area contributed by atoms with Gasteiger partial charge in [0.25, 0.3) is 0 Å². The average Bonchev–Trinajstić information content (AvgIpc) is 2.65. The van der Waals surface area contributed by atoms with E-state index in [-0.39, 0.29) is 22.0 Å². The van der Waals surface area contributed by atoms with Gasteiger partial charge in [-0.2, -0.15) is 13.2 Å². The fourth-order valence-electron chi connectivity index (χ4n) is 1.38. The van der Waals surface area contributed by atoms with Crippen molar-refractivity contribution in [2.24, 2.45) is 0 Å². The number of hydrogen-bond acceptors (Lipinski definition) is 4. The van der Waals surface area contributed by atoms with Gasteiger partial charge >= 0.3 is 12.0 Å². The summed E-state index contributed by atoms with van der Waals surface area (Å²) in [6, 6.07) is 3.82. The highest BCUT2D eigenvalue weighted by Gasteiger charge is 2.57. The molecular weight excluding hydrogens is 275 g/mol. The van der Waals surface area contributed by atoms with Crippen molar-refractivity contribution in [3.63, 3.8) is 0 Å². The number of phenolic OH excluding ortho intramolecular Hbond substituents is 1. The smallest absolute Gasteiger partial charge is 0.449 e. The first-order valence-electron chi connectivity index (χ1n) is 4.68. The van der Waals surface area contributed by atoms with Gasteiger partial charge in [0.2, 0.25) is 0 Å². The van der Waals surface area contributed by atoms with Gasteiger partial charge in [0.15, 0.2) is 0 Å². The van der Waals surface area contributed by atoms with E-state index in [0.29, 0.717) is 6.08 Å². The van der Waals surface area contributed by atoms with Crippen LogP contribution in [-0.4, -0.2) is 22.2 Å². The quantitative estimate of drug-likeness (QED) is 0.738. The molecule has 8 heteroatoms. The van der Waals surface area contributed by atoms with Crippen LogP contribution in [0.25, 0.3) is 5.70 Å². The van der Waals surface area contributed by atoms with Crippen molar-refractivity contribution in [3.8, 4) is 5.75 Å². The molecule has 1 heterocycles. The van der Waals surface area contributed by atoms with Crippen LogP contribution in [0, 0.1) is 0 Å². The molecule has 3 N–H and O–H groups in total. The van der Waals surface area contributed by atoms with Crippen LogP contribution in [0.2, 0.25) is 5.02 Å². The van der Waals surface area contributed by atoms with E-state index in [9.17, 15) is 23.4 Å². The van der Waals surface area contributed by atoms with Crippen LogP contribution in [0.4, 0.5) is 13.2 Å². The fourth-order valence-corrected chi connectivity index (χ4v) is 1.56. The maximum atomic E-state index is 12.5. The zero-order chi connectivity index (χ0) is 13.6. The molecule has 0 saturated carbocycles. The number of halogens is 4. The van der Waals surface area contributed by atoms with Crippen LogP contribution in [0.5, 0.6) is 5.75 Å². The normalized spacial score (nSPS) is 23.7. The number of rotatable bonds is 1. The molecule has 1 aliphatic rings. The van der Waals surface area contributed by atoms with Crippen molar-refractivity contribution in [1.82, 2.24) is 5.48 Å². The topological polar surface area (TPSA) is 61.7 Å². The third-order valence-electron chi connectivity index (χ3n) is 2.31. The van der Waals surface area contributed by atoms with E-state index in [4.69, 9.17) is 11.6 Å². The van der Waals surface area contributed by atoms with Crippen LogP contribution in [-0.2, 0) is 4.84 Å². The molecule has 2 rings (SSSR count). The van der Waals surface area contributed by atoms with Crippen molar-refractivity contribution in [2.45, 2.75) is 12.0 Å². The lowest BCUT2D eigenvalue weighted by molar-refractivity contribution is -0.345. The van der Waals surface area contributed by atoms with Gasteiger partial charge in [0.1, 0.15) is 5.75 Å². The summed E-state index contributed by atoms with van der Waals surface area (Å²) in [7, 11) is 0. The molecule has 0 amide bonds. The fraction of sp³-hybridized carbons (Fsp3) is 0.200. The Morgan fingerprint density at radius 1 is 1.33 bits per heavy atom. The first kappa shape index (κ1) is 13.0. The number of hydroxylamine groups is 1. The summed E-state index contributed by atoms with van der Waals surface area (Å²) in [6.07, 6.45) is -4.59. The summed E-state index contributed by atoms with van der Waals surface area (Å²) in [4.78, 5) is 4.10. The predicted molar refractivity (Wildman–Crippen MR) is 56.3 cm³/mol. The molecule has 1 aromatic carbocycles. The largest absolute Gasteiger partial charge is 0.507 e. The summed E-state index contributed by atoms with van der Waals surface area (Å²) < 4.78 is 37.4. The molecule has 98 valence electrons. The Hall–Kier alpha value is -1.44. The highest BCUT2D eigenvalue weighted by atomic mass is 35.5. The molecule has 0 saturated heterocycles. The minimum absolute atomic E-state index is 0.0114. The average molecular weight is 282 g/mol. The molecule has 0 aromatic heterocycles. The summed E-state index contributed by atoms with van der Waals surface area (Å²) in [5.74, 6) is -3.73. The van der Waals surface area contributed by atoms with E-state index in [1.165, 1.54) is 18.2 Å². The Kier molecular flexibility index (Phi) is 2.92. The van der Waals surface area contributed by atoms with E-state index in [2.05, 4.69) is 4.84 Å². The standard InChI is InChI=1S/C10H7ClF3NO3/c11-5-1-2-8(16)6(3-5)7-4-9(17,18-15-7)10(12,13)14/h1-4,15-17H. The number of benzene rings is 1. The molecule has 1 atom stereocenters. The van der Waals surface area contributed by atoms with Crippen molar-refractivity contribution in [3.05, 3.63) is 34.9 Å². The lowest BCUT2D eigenvalue weighted by atomic mass is 10.1. The highest BCUT2D eigenvalue weighted by molar-refractivity contribution is 6.30. The second kappa shape index (κ2) is 4.04. The molecule has 4 nitrogen and oxygen atoms in total. The Labute approximate surface area is 104 Å². The van der Waals surface area contributed by atoms with Crippen LogP contribution >= 0.6 is 11.6 Å². The number of nitrogens with one attached hydrogen (secondary N) is 1. The van der Waals surface area contributed by atoms with E-state index in [1.54, 1.807) is 0 Å². The van der Waals surface area contributed by atoms with Crippen molar-refractivity contribution >= 4 is 17.3 Å². The number of hydrogen-bond donors (Lipinski definition) is 3. The molecule has 1 unspecified atom stereocenters.